The zero-order valence-electron chi connectivity index (χ0n) is 18.9. The first-order chi connectivity index (χ1) is 15.6. The molecule has 0 bridgehead atoms. The number of aliphatic carboxylic acids is 2. The summed E-state index contributed by atoms with van der Waals surface area (Å²) in [6.07, 6.45) is 0.655. The Morgan fingerprint density at radius 2 is 1.70 bits per heavy atom. The van der Waals surface area contributed by atoms with Crippen molar-refractivity contribution >= 4 is 23.5 Å². The number of anilines is 1. The first kappa shape index (κ1) is 27.2. The van der Waals surface area contributed by atoms with E-state index in [0.29, 0.717) is 41.3 Å². The lowest BCUT2D eigenvalue weighted by molar-refractivity contribution is -0.138. The Morgan fingerprint density at radius 3 is 2.15 bits per heavy atom. The van der Waals surface area contributed by atoms with Crippen molar-refractivity contribution in [3.05, 3.63) is 53.1 Å². The van der Waals surface area contributed by atoms with E-state index in [-0.39, 0.29) is 19.0 Å². The molecule has 0 saturated carbocycles. The van der Waals surface area contributed by atoms with Gasteiger partial charge in [-0.15, -0.1) is 0 Å². The number of hydrogen-bond donors (Lipinski definition) is 6. The van der Waals surface area contributed by atoms with Crippen LogP contribution in [0.25, 0.3) is 0 Å². The van der Waals surface area contributed by atoms with Gasteiger partial charge in [0.25, 0.3) is 5.97 Å². The van der Waals surface area contributed by atoms with Crippen LogP contribution < -0.4 is 20.5 Å². The van der Waals surface area contributed by atoms with Crippen molar-refractivity contribution < 1.29 is 34.4 Å². The van der Waals surface area contributed by atoms with Crippen LogP contribution in [0.3, 0.4) is 0 Å². The second kappa shape index (κ2) is 13.6. The third-order valence-corrected chi connectivity index (χ3v) is 4.29. The molecule has 33 heavy (non-hydrogen) atoms. The maximum atomic E-state index is 12.1. The fourth-order valence-electron chi connectivity index (χ4n) is 2.88. The summed E-state index contributed by atoms with van der Waals surface area (Å²) >= 11 is 0. The van der Waals surface area contributed by atoms with E-state index in [0.717, 1.165) is 12.5 Å². The predicted octanol–water partition coefficient (Wildman–Crippen LogP) is 2.63. The highest BCUT2D eigenvalue weighted by Crippen LogP contribution is 2.35. The van der Waals surface area contributed by atoms with Gasteiger partial charge in [0.05, 0.1) is 13.2 Å². The van der Waals surface area contributed by atoms with E-state index < -0.39 is 18.0 Å². The largest absolute Gasteiger partial charge is 0.493 e. The Hall–Kier alpha value is -3.79. The molecule has 0 saturated heterocycles. The standard InChI is InChI=1S/C21H27N3O5.C2H4O2/c1-3-13-11-16(18(29-10-9-25)12-17(13)28-4-2)19(21(26)27)24-15-7-5-14(6-8-15)20(22)23;1-2(3)4/h5-8,11-12,19,24-25H,3-4,9-10H2,1-2H3,(H3,22,23)(H,26,27);1H3,(H,3,4). The molecule has 180 valence electrons. The highest BCUT2D eigenvalue weighted by atomic mass is 16.5. The number of carbonyl (C=O) groups is 2. The van der Waals surface area contributed by atoms with Crippen LogP contribution in [0.15, 0.2) is 36.4 Å². The Bertz CT molecular complexity index is 942. The third kappa shape index (κ3) is 8.69. The summed E-state index contributed by atoms with van der Waals surface area (Å²) in [6, 6.07) is 8.95. The quantitative estimate of drug-likeness (QED) is 0.217. The number of nitrogens with two attached hydrogens (primary N) is 1. The van der Waals surface area contributed by atoms with Gasteiger partial charge < -0.3 is 35.8 Å². The number of amidine groups is 1. The average Bonchev–Trinajstić information content (AvgIpc) is 2.76. The molecule has 1 atom stereocenters. The van der Waals surface area contributed by atoms with E-state index in [2.05, 4.69) is 5.32 Å². The fraction of sp³-hybridized carbons (Fsp3) is 0.348. The van der Waals surface area contributed by atoms with Gasteiger partial charge in [-0.1, -0.05) is 6.92 Å². The highest BCUT2D eigenvalue weighted by molar-refractivity contribution is 5.95. The summed E-state index contributed by atoms with van der Waals surface area (Å²) < 4.78 is 11.3. The molecule has 2 aromatic carbocycles. The van der Waals surface area contributed by atoms with E-state index >= 15 is 0 Å². The lowest BCUT2D eigenvalue weighted by Gasteiger charge is -2.22. The van der Waals surface area contributed by atoms with Gasteiger partial charge in [0.2, 0.25) is 0 Å². The Kier molecular flexibility index (Phi) is 11.2. The molecule has 0 fully saturated rings. The van der Waals surface area contributed by atoms with E-state index in [1.807, 2.05) is 13.8 Å². The number of carboxylic acid groups (broad SMARTS) is 2. The van der Waals surface area contributed by atoms with Gasteiger partial charge >= 0.3 is 5.97 Å². The van der Waals surface area contributed by atoms with Gasteiger partial charge in [-0.3, -0.25) is 10.2 Å². The second-order valence-electron chi connectivity index (χ2n) is 6.78. The molecule has 0 amide bonds. The van der Waals surface area contributed by atoms with Crippen molar-refractivity contribution in [2.45, 2.75) is 33.2 Å². The summed E-state index contributed by atoms with van der Waals surface area (Å²) in [5.41, 5.74) is 7.86. The summed E-state index contributed by atoms with van der Waals surface area (Å²) in [4.78, 5) is 21.1. The van der Waals surface area contributed by atoms with Crippen molar-refractivity contribution in [2.24, 2.45) is 5.73 Å². The molecular weight excluding hydrogens is 430 g/mol. The third-order valence-electron chi connectivity index (χ3n) is 4.29. The van der Waals surface area contributed by atoms with E-state index in [4.69, 9.17) is 35.6 Å². The maximum Gasteiger partial charge on any atom is 0.330 e. The highest BCUT2D eigenvalue weighted by Gasteiger charge is 2.25. The molecule has 2 rings (SSSR count). The van der Waals surface area contributed by atoms with E-state index in [1.54, 1.807) is 36.4 Å². The number of benzene rings is 2. The average molecular weight is 462 g/mol. The van der Waals surface area contributed by atoms with Crippen molar-refractivity contribution in [1.82, 2.24) is 0 Å². The second-order valence-corrected chi connectivity index (χ2v) is 6.78. The SMILES string of the molecule is CC(=O)O.CCOc1cc(OCCO)c(C(Nc2ccc(C(=N)N)cc2)C(=O)O)cc1CC. The van der Waals surface area contributed by atoms with Crippen LogP contribution in [0, 0.1) is 5.41 Å². The van der Waals surface area contributed by atoms with Crippen LogP contribution in [-0.2, 0) is 16.0 Å². The summed E-state index contributed by atoms with van der Waals surface area (Å²) in [5, 5.41) is 36.9. The van der Waals surface area contributed by atoms with Crippen LogP contribution in [0.4, 0.5) is 5.69 Å². The van der Waals surface area contributed by atoms with Crippen LogP contribution in [0.1, 0.15) is 43.5 Å². The molecular formula is C23H31N3O7. The van der Waals surface area contributed by atoms with E-state index in [1.165, 1.54) is 0 Å². The molecule has 2 aromatic rings. The van der Waals surface area contributed by atoms with Gasteiger partial charge in [-0.05, 0) is 49.2 Å². The summed E-state index contributed by atoms with van der Waals surface area (Å²) in [6.45, 7) is 5.21. The number of aliphatic hydroxyl groups excluding tert-OH is 1. The lowest BCUT2D eigenvalue weighted by Crippen LogP contribution is -2.22. The van der Waals surface area contributed by atoms with Gasteiger partial charge in [0, 0.05) is 29.8 Å². The number of hydrogen-bond acceptors (Lipinski definition) is 7. The molecule has 0 aliphatic heterocycles. The lowest BCUT2D eigenvalue weighted by atomic mass is 9.99. The van der Waals surface area contributed by atoms with Crippen molar-refractivity contribution in [3.8, 4) is 11.5 Å². The first-order valence-electron chi connectivity index (χ1n) is 10.3. The minimum Gasteiger partial charge on any atom is -0.493 e. The van der Waals surface area contributed by atoms with Crippen molar-refractivity contribution in [1.29, 1.82) is 5.41 Å². The van der Waals surface area contributed by atoms with Gasteiger partial charge in [0.15, 0.2) is 6.04 Å². The molecule has 10 heteroatoms. The normalized spacial score (nSPS) is 10.9. The minimum atomic E-state index is -1.09. The number of nitrogens with one attached hydrogen (secondary N) is 2. The summed E-state index contributed by atoms with van der Waals surface area (Å²) in [7, 11) is 0. The fourth-order valence-corrected chi connectivity index (χ4v) is 2.88. The minimum absolute atomic E-state index is 0.0314. The smallest absolute Gasteiger partial charge is 0.330 e. The molecule has 0 heterocycles. The van der Waals surface area contributed by atoms with Crippen LogP contribution in [0.5, 0.6) is 11.5 Å². The number of nitrogen functional groups attached to an aromatic ring is 1. The number of aryl methyl sites for hydroxylation is 1. The van der Waals surface area contributed by atoms with Gasteiger partial charge in [-0.25, -0.2) is 4.79 Å². The Morgan fingerprint density at radius 1 is 1.09 bits per heavy atom. The molecule has 0 radical (unpaired) electrons. The molecule has 0 aliphatic carbocycles. The zero-order chi connectivity index (χ0) is 25.0. The van der Waals surface area contributed by atoms with Crippen LogP contribution in [-0.4, -0.2) is 52.9 Å². The molecule has 1 unspecified atom stereocenters. The molecule has 0 spiro atoms. The number of ether oxygens (including phenoxy) is 2. The van der Waals surface area contributed by atoms with Crippen molar-refractivity contribution in [3.63, 3.8) is 0 Å². The van der Waals surface area contributed by atoms with Crippen molar-refractivity contribution in [2.75, 3.05) is 25.1 Å². The van der Waals surface area contributed by atoms with Crippen LogP contribution in [0.2, 0.25) is 0 Å². The van der Waals surface area contributed by atoms with Gasteiger partial charge in [-0.2, -0.15) is 0 Å². The number of aliphatic hydroxyl groups is 1. The Labute approximate surface area is 192 Å². The van der Waals surface area contributed by atoms with E-state index in [9.17, 15) is 9.90 Å². The molecule has 0 aromatic heterocycles. The topological polar surface area (TPSA) is 175 Å². The molecule has 0 aliphatic rings. The van der Waals surface area contributed by atoms with Gasteiger partial charge in [0.1, 0.15) is 23.9 Å². The predicted molar refractivity (Wildman–Crippen MR) is 124 cm³/mol. The number of carboxylic acids is 2. The number of rotatable bonds is 11. The molecule has 7 N–H and O–H groups in total. The van der Waals surface area contributed by atoms with Crippen LogP contribution >= 0.6 is 0 Å². The zero-order valence-corrected chi connectivity index (χ0v) is 18.9. The summed E-state index contributed by atoms with van der Waals surface area (Å²) in [5.74, 6) is -1.02. The Balaban J connectivity index is 0.00000125. The maximum absolute atomic E-state index is 12.1. The first-order valence-corrected chi connectivity index (χ1v) is 10.3. The molecule has 10 nitrogen and oxygen atoms in total. The monoisotopic (exact) mass is 461 g/mol.